The molecule has 0 aliphatic carbocycles. The topological polar surface area (TPSA) is 74.9 Å². The molecule has 2 N–H and O–H groups in total. The zero-order chi connectivity index (χ0) is 19.6. The van der Waals surface area contributed by atoms with Crippen molar-refractivity contribution in [2.24, 2.45) is 10.9 Å². The minimum atomic E-state index is 0. The van der Waals surface area contributed by atoms with E-state index in [1.54, 1.807) is 7.05 Å². The zero-order valence-electron chi connectivity index (χ0n) is 18.0. The second kappa shape index (κ2) is 13.4. The summed E-state index contributed by atoms with van der Waals surface area (Å²) in [5, 5.41) is 11.0. The number of ether oxygens (including phenoxy) is 1. The van der Waals surface area contributed by atoms with E-state index in [4.69, 9.17) is 9.26 Å². The summed E-state index contributed by atoms with van der Waals surface area (Å²) < 4.78 is 11.0. The quantitative estimate of drug-likeness (QED) is 0.304. The summed E-state index contributed by atoms with van der Waals surface area (Å²) in [5.41, 5.74) is 1.05. The summed E-state index contributed by atoms with van der Waals surface area (Å²) in [6.07, 6.45) is 2.16. The largest absolute Gasteiger partial charge is 0.379 e. The van der Waals surface area contributed by atoms with Crippen LogP contribution >= 0.6 is 24.0 Å². The Morgan fingerprint density at radius 2 is 1.89 bits per heavy atom. The van der Waals surface area contributed by atoms with Gasteiger partial charge in [-0.15, -0.1) is 24.0 Å². The molecule has 0 radical (unpaired) electrons. The predicted molar refractivity (Wildman–Crippen MR) is 124 cm³/mol. The predicted octanol–water partition coefficient (Wildman–Crippen LogP) is 3.22. The highest BCUT2D eigenvalue weighted by molar-refractivity contribution is 14.0. The number of hydrogen-bond donors (Lipinski definition) is 2. The summed E-state index contributed by atoms with van der Waals surface area (Å²) in [6.45, 7) is 14.0. The van der Waals surface area contributed by atoms with Crippen molar-refractivity contribution >= 4 is 29.9 Å². The van der Waals surface area contributed by atoms with Crippen LogP contribution in [0.15, 0.2) is 15.6 Å². The van der Waals surface area contributed by atoms with Crippen molar-refractivity contribution in [2.75, 3.05) is 39.9 Å². The minimum Gasteiger partial charge on any atom is -0.379 e. The molecule has 2 heterocycles. The molecule has 1 saturated heterocycles. The number of guanidine groups is 1. The normalized spacial score (nSPS) is 16.9. The van der Waals surface area contributed by atoms with Gasteiger partial charge in [0.25, 0.3) is 0 Å². The van der Waals surface area contributed by atoms with E-state index in [1.807, 2.05) is 0 Å². The maximum Gasteiger partial charge on any atom is 0.191 e. The molecule has 0 aromatic carbocycles. The van der Waals surface area contributed by atoms with E-state index in [-0.39, 0.29) is 24.0 Å². The van der Waals surface area contributed by atoms with Crippen LogP contribution in [-0.2, 0) is 11.3 Å². The van der Waals surface area contributed by atoms with E-state index in [9.17, 15) is 0 Å². The van der Waals surface area contributed by atoms with Crippen molar-refractivity contribution in [3.8, 4) is 0 Å². The van der Waals surface area contributed by atoms with Gasteiger partial charge in [0.2, 0.25) is 0 Å². The van der Waals surface area contributed by atoms with Gasteiger partial charge in [0.05, 0.1) is 25.5 Å². The Balaban J connectivity index is 0.00000392. The highest BCUT2D eigenvalue weighted by Crippen LogP contribution is 2.22. The van der Waals surface area contributed by atoms with Crippen molar-refractivity contribution < 1.29 is 9.26 Å². The minimum absolute atomic E-state index is 0. The lowest BCUT2D eigenvalue weighted by Gasteiger charge is -2.37. The molecule has 0 spiro atoms. The van der Waals surface area contributed by atoms with Crippen molar-refractivity contribution in [1.29, 1.82) is 0 Å². The molecule has 0 saturated carbocycles. The highest BCUT2D eigenvalue weighted by Gasteiger charge is 2.24. The summed E-state index contributed by atoms with van der Waals surface area (Å²) in [4.78, 5) is 6.85. The van der Waals surface area contributed by atoms with E-state index in [2.05, 4.69) is 59.4 Å². The fourth-order valence-electron chi connectivity index (χ4n) is 3.60. The molecule has 1 fully saturated rings. The van der Waals surface area contributed by atoms with E-state index in [0.717, 1.165) is 63.1 Å². The standard InChI is InChI=1S/C20H37N5O2.HI/c1-6-16(7-2)18-12-17(27-24-18)13-22-20(21-5)23-14-19(15(3)4)25-8-10-26-11-9-25;/h12,15-16,19H,6-11,13-14H2,1-5H3,(H2,21,22,23);1H. The molecule has 1 aliphatic rings. The van der Waals surface area contributed by atoms with Crippen LogP contribution in [0.25, 0.3) is 0 Å². The highest BCUT2D eigenvalue weighted by atomic mass is 127. The van der Waals surface area contributed by atoms with Crippen LogP contribution in [0, 0.1) is 5.92 Å². The number of aliphatic imine (C=N–C) groups is 1. The lowest BCUT2D eigenvalue weighted by molar-refractivity contribution is 0.00752. The van der Waals surface area contributed by atoms with Crippen LogP contribution in [-0.4, -0.2) is 62.0 Å². The molecule has 162 valence electrons. The number of halogens is 1. The van der Waals surface area contributed by atoms with Gasteiger partial charge in [0.15, 0.2) is 11.7 Å². The Bertz CT molecular complexity index is 569. The van der Waals surface area contributed by atoms with Gasteiger partial charge in [0.1, 0.15) is 0 Å². The molecular weight excluding hydrogens is 469 g/mol. The third-order valence-corrected chi connectivity index (χ3v) is 5.40. The molecule has 1 unspecified atom stereocenters. The number of hydrogen-bond acceptors (Lipinski definition) is 5. The Labute approximate surface area is 187 Å². The van der Waals surface area contributed by atoms with Gasteiger partial charge in [-0.1, -0.05) is 32.9 Å². The summed E-state index contributed by atoms with van der Waals surface area (Å²) >= 11 is 0. The third-order valence-electron chi connectivity index (χ3n) is 5.40. The molecule has 2 rings (SSSR count). The fraction of sp³-hybridized carbons (Fsp3) is 0.800. The first kappa shape index (κ1) is 25.2. The van der Waals surface area contributed by atoms with Gasteiger partial charge in [-0.05, 0) is 18.8 Å². The van der Waals surface area contributed by atoms with Crippen LogP contribution < -0.4 is 10.6 Å². The summed E-state index contributed by atoms with van der Waals surface area (Å²) in [7, 11) is 1.80. The van der Waals surface area contributed by atoms with Crippen LogP contribution in [0.4, 0.5) is 0 Å². The molecule has 0 amide bonds. The number of nitrogens with zero attached hydrogens (tertiary/aromatic N) is 3. The number of nitrogens with one attached hydrogen (secondary N) is 2. The average Bonchev–Trinajstić information content (AvgIpc) is 3.15. The second-order valence-corrected chi connectivity index (χ2v) is 7.50. The van der Waals surface area contributed by atoms with Crippen LogP contribution in [0.2, 0.25) is 0 Å². The summed E-state index contributed by atoms with van der Waals surface area (Å²) in [6, 6.07) is 2.52. The molecule has 28 heavy (non-hydrogen) atoms. The Hall–Kier alpha value is -0.870. The van der Waals surface area contributed by atoms with Crippen molar-refractivity contribution in [1.82, 2.24) is 20.7 Å². The van der Waals surface area contributed by atoms with Gasteiger partial charge in [-0.3, -0.25) is 9.89 Å². The molecular formula is C20H38IN5O2. The molecule has 1 atom stereocenters. The molecule has 8 heteroatoms. The Kier molecular flexibility index (Phi) is 12.0. The van der Waals surface area contributed by atoms with Gasteiger partial charge in [0, 0.05) is 44.7 Å². The molecule has 7 nitrogen and oxygen atoms in total. The molecule has 1 aliphatic heterocycles. The number of rotatable bonds is 9. The maximum absolute atomic E-state index is 5.49. The van der Waals surface area contributed by atoms with Crippen LogP contribution in [0.1, 0.15) is 57.9 Å². The van der Waals surface area contributed by atoms with Gasteiger partial charge in [-0.25, -0.2) is 0 Å². The van der Waals surface area contributed by atoms with Gasteiger partial charge < -0.3 is 19.9 Å². The average molecular weight is 507 g/mol. The SMILES string of the molecule is CCC(CC)c1cc(CNC(=NC)NCC(C(C)C)N2CCOCC2)on1.I. The van der Waals surface area contributed by atoms with Crippen molar-refractivity contribution in [3.63, 3.8) is 0 Å². The van der Waals surface area contributed by atoms with E-state index >= 15 is 0 Å². The van der Waals surface area contributed by atoms with E-state index in [1.165, 1.54) is 0 Å². The molecule has 1 aromatic heterocycles. The smallest absolute Gasteiger partial charge is 0.191 e. The second-order valence-electron chi connectivity index (χ2n) is 7.50. The van der Waals surface area contributed by atoms with Crippen LogP contribution in [0.5, 0.6) is 0 Å². The van der Waals surface area contributed by atoms with Gasteiger partial charge >= 0.3 is 0 Å². The fourth-order valence-corrected chi connectivity index (χ4v) is 3.60. The number of aromatic nitrogens is 1. The lowest BCUT2D eigenvalue weighted by atomic mass is 9.99. The van der Waals surface area contributed by atoms with Crippen molar-refractivity contribution in [2.45, 2.75) is 59.0 Å². The zero-order valence-corrected chi connectivity index (χ0v) is 20.4. The maximum atomic E-state index is 5.49. The molecule has 1 aromatic rings. The van der Waals surface area contributed by atoms with Crippen molar-refractivity contribution in [3.05, 3.63) is 17.5 Å². The van der Waals surface area contributed by atoms with Gasteiger partial charge in [-0.2, -0.15) is 0 Å². The first-order chi connectivity index (χ1) is 13.1. The number of morpholine rings is 1. The Morgan fingerprint density at radius 1 is 1.21 bits per heavy atom. The van der Waals surface area contributed by atoms with Crippen LogP contribution in [0.3, 0.4) is 0 Å². The third kappa shape index (κ3) is 7.51. The lowest BCUT2D eigenvalue weighted by Crippen LogP contribution is -2.52. The van der Waals surface area contributed by atoms with E-state index < -0.39 is 0 Å². The Morgan fingerprint density at radius 3 is 2.46 bits per heavy atom. The first-order valence-electron chi connectivity index (χ1n) is 10.3. The molecule has 0 bridgehead atoms. The monoisotopic (exact) mass is 507 g/mol. The summed E-state index contributed by atoms with van der Waals surface area (Å²) in [5.74, 6) is 2.66. The van der Waals surface area contributed by atoms with E-state index in [0.29, 0.717) is 24.4 Å². The first-order valence-corrected chi connectivity index (χ1v) is 10.3.